The molecule has 6 nitrogen and oxygen atoms in total. The first kappa shape index (κ1) is 27.2. The van der Waals surface area contributed by atoms with Crippen LogP contribution in [0.4, 0.5) is 16.0 Å². The average molecular weight is 525 g/mol. The maximum absolute atomic E-state index is 15.0. The van der Waals surface area contributed by atoms with Gasteiger partial charge in [0.05, 0.1) is 16.2 Å². The molecule has 2 aromatic carbocycles. The summed E-state index contributed by atoms with van der Waals surface area (Å²) in [6.45, 7) is 9.08. The molecule has 0 bridgehead atoms. The van der Waals surface area contributed by atoms with Crippen molar-refractivity contribution in [3.05, 3.63) is 82.4 Å². The van der Waals surface area contributed by atoms with E-state index in [1.54, 1.807) is 27.0 Å². The molecule has 0 atom stereocenters. The summed E-state index contributed by atoms with van der Waals surface area (Å²) >= 11 is 0. The lowest BCUT2D eigenvalue weighted by Crippen LogP contribution is -2.29. The minimum Gasteiger partial charge on any atom is -0.324 e. The fourth-order valence-corrected chi connectivity index (χ4v) is 5.61. The highest BCUT2D eigenvalue weighted by Gasteiger charge is 2.29. The molecule has 1 aromatic heterocycles. The molecule has 0 amide bonds. The van der Waals surface area contributed by atoms with E-state index in [1.807, 2.05) is 43.3 Å². The van der Waals surface area contributed by atoms with E-state index in [9.17, 15) is 12.8 Å². The maximum Gasteiger partial charge on any atom is 0.227 e. The zero-order valence-electron chi connectivity index (χ0n) is 22.4. The van der Waals surface area contributed by atoms with Crippen molar-refractivity contribution in [1.82, 2.24) is 14.9 Å². The van der Waals surface area contributed by atoms with Crippen molar-refractivity contribution in [3.63, 3.8) is 0 Å². The van der Waals surface area contributed by atoms with Crippen molar-refractivity contribution in [2.24, 2.45) is 0 Å². The first-order valence-corrected chi connectivity index (χ1v) is 14.4. The van der Waals surface area contributed by atoms with E-state index in [-0.39, 0.29) is 17.5 Å². The molecule has 37 heavy (non-hydrogen) atoms. The molecule has 198 valence electrons. The highest BCUT2D eigenvalue weighted by Crippen LogP contribution is 2.31. The number of halogens is 1. The van der Waals surface area contributed by atoms with E-state index in [4.69, 9.17) is 0 Å². The number of rotatable bonds is 7. The average Bonchev–Trinajstić information content (AvgIpc) is 2.81. The number of benzene rings is 2. The lowest BCUT2D eigenvalue weighted by Gasteiger charge is -2.29. The molecule has 1 aliphatic heterocycles. The van der Waals surface area contributed by atoms with E-state index in [0.717, 1.165) is 53.9 Å². The van der Waals surface area contributed by atoms with Crippen LogP contribution in [-0.2, 0) is 22.0 Å². The van der Waals surface area contributed by atoms with E-state index >= 15 is 0 Å². The Morgan fingerprint density at radius 3 is 2.46 bits per heavy atom. The van der Waals surface area contributed by atoms with Crippen molar-refractivity contribution >= 4 is 21.5 Å². The van der Waals surface area contributed by atoms with Crippen LogP contribution in [0, 0.1) is 12.7 Å². The van der Waals surface area contributed by atoms with Crippen LogP contribution < -0.4 is 5.32 Å². The monoisotopic (exact) mass is 524 g/mol. The molecule has 3 aromatic rings. The van der Waals surface area contributed by atoms with E-state index in [0.29, 0.717) is 18.1 Å². The summed E-state index contributed by atoms with van der Waals surface area (Å²) in [5.74, 6) is 0.452. The van der Waals surface area contributed by atoms with Crippen molar-refractivity contribution in [1.29, 1.82) is 0 Å². The van der Waals surface area contributed by atoms with Crippen molar-refractivity contribution in [2.75, 3.05) is 25.5 Å². The molecule has 8 heteroatoms. The first-order valence-electron chi connectivity index (χ1n) is 12.8. The van der Waals surface area contributed by atoms with Gasteiger partial charge < -0.3 is 10.2 Å². The molecule has 0 radical (unpaired) electrons. The van der Waals surface area contributed by atoms with Gasteiger partial charge in [-0.25, -0.2) is 22.8 Å². The summed E-state index contributed by atoms with van der Waals surface area (Å²) in [7, 11) is -1.17. The molecule has 0 spiro atoms. The molecular weight excluding hydrogens is 487 g/mol. The summed E-state index contributed by atoms with van der Waals surface area (Å²) in [5.41, 5.74) is 4.88. The van der Waals surface area contributed by atoms with Gasteiger partial charge in [0, 0.05) is 18.3 Å². The summed E-state index contributed by atoms with van der Waals surface area (Å²) in [5, 5.41) is 3.14. The largest absolute Gasteiger partial charge is 0.324 e. The van der Waals surface area contributed by atoms with Crippen LogP contribution in [0.2, 0.25) is 0 Å². The normalized spacial score (nSPS) is 15.6. The SMILES string of the molecule is Cc1cnc(Nc2ccc(C3CCN(C)CC3)c(F)c2)nc1Cc1cccc(CS(=O)(=O)C(C)(C)C)c1. The van der Waals surface area contributed by atoms with E-state index < -0.39 is 14.6 Å². The molecule has 4 rings (SSSR count). The van der Waals surface area contributed by atoms with Crippen LogP contribution >= 0.6 is 0 Å². The van der Waals surface area contributed by atoms with Gasteiger partial charge in [0.1, 0.15) is 5.82 Å². The quantitative estimate of drug-likeness (QED) is 0.422. The molecular formula is C29H37FN4O2S. The van der Waals surface area contributed by atoms with E-state index in [1.165, 1.54) is 6.07 Å². The molecule has 1 fully saturated rings. The first-order chi connectivity index (χ1) is 17.4. The number of likely N-dealkylation sites (tertiary alicyclic amines) is 1. The highest BCUT2D eigenvalue weighted by atomic mass is 32.2. The molecule has 0 saturated carbocycles. The Bertz CT molecular complexity index is 1360. The van der Waals surface area contributed by atoms with Gasteiger partial charge in [0.15, 0.2) is 9.84 Å². The topological polar surface area (TPSA) is 75.2 Å². The van der Waals surface area contributed by atoms with Gasteiger partial charge >= 0.3 is 0 Å². The fourth-order valence-electron chi connectivity index (χ4n) is 4.56. The van der Waals surface area contributed by atoms with Crippen LogP contribution in [0.3, 0.4) is 0 Å². The Hall–Kier alpha value is -2.84. The zero-order chi connectivity index (χ0) is 26.8. The predicted molar refractivity (Wildman–Crippen MR) is 148 cm³/mol. The third-order valence-corrected chi connectivity index (χ3v) is 9.72. The summed E-state index contributed by atoms with van der Waals surface area (Å²) < 4.78 is 39.5. The van der Waals surface area contributed by atoms with Crippen molar-refractivity contribution < 1.29 is 12.8 Å². The summed E-state index contributed by atoms with van der Waals surface area (Å²) in [6, 6.07) is 12.9. The number of nitrogens with one attached hydrogen (secondary N) is 1. The minimum absolute atomic E-state index is 0.000974. The van der Waals surface area contributed by atoms with Crippen molar-refractivity contribution in [3.8, 4) is 0 Å². The third kappa shape index (κ3) is 6.73. The number of nitrogens with zero attached hydrogens (tertiary/aromatic N) is 3. The number of aryl methyl sites for hydroxylation is 1. The fraction of sp³-hybridized carbons (Fsp3) is 0.448. The lowest BCUT2D eigenvalue weighted by atomic mass is 9.89. The van der Waals surface area contributed by atoms with Gasteiger partial charge in [-0.15, -0.1) is 0 Å². The Morgan fingerprint density at radius 2 is 1.78 bits per heavy atom. The number of sulfone groups is 1. The third-order valence-electron chi connectivity index (χ3n) is 7.14. The second-order valence-corrected chi connectivity index (χ2v) is 13.9. The Morgan fingerprint density at radius 1 is 1.08 bits per heavy atom. The van der Waals surface area contributed by atoms with Gasteiger partial charge in [-0.05, 0) is 101 Å². The molecule has 1 aliphatic rings. The number of hydrogen-bond donors (Lipinski definition) is 1. The van der Waals surface area contributed by atoms with E-state index in [2.05, 4.69) is 27.2 Å². The standard InChI is InChI=1S/C29H37FN4O2S/c1-20-18-31-28(32-24-9-10-25(26(30)17-24)23-11-13-34(5)14-12-23)33-27(20)16-21-7-6-8-22(15-21)19-37(35,36)29(2,3)4/h6-10,15,17-18,23H,11-14,16,19H2,1-5H3,(H,31,32,33). The molecule has 0 unspecified atom stereocenters. The number of piperidine rings is 1. The van der Waals surface area contributed by atoms with Crippen molar-refractivity contribution in [2.45, 2.75) is 63.4 Å². The number of aromatic nitrogens is 2. The lowest BCUT2D eigenvalue weighted by molar-refractivity contribution is 0.253. The van der Waals surface area contributed by atoms with Gasteiger partial charge in [-0.1, -0.05) is 30.3 Å². The molecule has 1 N–H and O–H groups in total. The summed E-state index contributed by atoms with van der Waals surface area (Å²) in [6.07, 6.45) is 4.22. The van der Waals surface area contributed by atoms with Gasteiger partial charge in [0.25, 0.3) is 0 Å². The Labute approximate surface area is 220 Å². The zero-order valence-corrected chi connectivity index (χ0v) is 23.2. The Kier molecular flexibility index (Phi) is 7.99. The maximum atomic E-state index is 15.0. The molecule has 2 heterocycles. The van der Waals surface area contributed by atoms with Crippen LogP contribution in [-0.4, -0.2) is 48.2 Å². The Balaban J connectivity index is 1.48. The minimum atomic E-state index is -3.27. The predicted octanol–water partition coefficient (Wildman–Crippen LogP) is 5.78. The van der Waals surface area contributed by atoms with Gasteiger partial charge in [0.2, 0.25) is 5.95 Å². The smallest absolute Gasteiger partial charge is 0.227 e. The van der Waals surface area contributed by atoms with Crippen LogP contribution in [0.15, 0.2) is 48.7 Å². The second kappa shape index (κ2) is 10.9. The van der Waals surface area contributed by atoms with Crippen LogP contribution in [0.5, 0.6) is 0 Å². The van der Waals surface area contributed by atoms with Crippen LogP contribution in [0.1, 0.15) is 67.5 Å². The summed E-state index contributed by atoms with van der Waals surface area (Å²) in [4.78, 5) is 11.4. The molecule has 1 saturated heterocycles. The van der Waals surface area contributed by atoms with Gasteiger partial charge in [-0.3, -0.25) is 0 Å². The number of hydrogen-bond acceptors (Lipinski definition) is 6. The second-order valence-electron chi connectivity index (χ2n) is 11.1. The van der Waals surface area contributed by atoms with Gasteiger partial charge in [-0.2, -0.15) is 0 Å². The number of anilines is 2. The van der Waals surface area contributed by atoms with Crippen LogP contribution in [0.25, 0.3) is 0 Å². The highest BCUT2D eigenvalue weighted by molar-refractivity contribution is 7.91. The molecule has 0 aliphatic carbocycles.